The van der Waals surface area contributed by atoms with Crippen LogP contribution in [0, 0.1) is 3.57 Å². The number of hydrogen-bond acceptors (Lipinski definition) is 2. The van der Waals surface area contributed by atoms with Gasteiger partial charge < -0.3 is 5.73 Å². The predicted octanol–water partition coefficient (Wildman–Crippen LogP) is 4.81. The van der Waals surface area contributed by atoms with E-state index in [0.717, 1.165) is 27.0 Å². The molecule has 1 aromatic heterocycles. The Morgan fingerprint density at radius 3 is 2.61 bits per heavy atom. The summed E-state index contributed by atoms with van der Waals surface area (Å²) >= 11 is 10.2. The highest BCUT2D eigenvalue weighted by molar-refractivity contribution is 14.1. The van der Waals surface area contributed by atoms with Gasteiger partial charge in [-0.1, -0.05) is 24.6 Å². The number of nitrogens with two attached hydrogens (primary N) is 1. The summed E-state index contributed by atoms with van der Waals surface area (Å²) in [5.41, 5.74) is 7.35. The molecule has 1 unspecified atom stereocenters. The van der Waals surface area contributed by atoms with Crippen molar-refractivity contribution in [2.24, 2.45) is 5.73 Å². The average molecular weight is 392 g/mol. The lowest BCUT2D eigenvalue weighted by molar-refractivity contribution is 0.730. The Morgan fingerprint density at radius 2 is 2.00 bits per heavy atom. The molecule has 0 bridgehead atoms. The van der Waals surface area contributed by atoms with Gasteiger partial charge in [0, 0.05) is 25.8 Å². The summed E-state index contributed by atoms with van der Waals surface area (Å²) in [7, 11) is 0. The first kappa shape index (κ1) is 14.3. The van der Waals surface area contributed by atoms with Gasteiger partial charge in [0.1, 0.15) is 0 Å². The van der Waals surface area contributed by atoms with E-state index in [0.29, 0.717) is 0 Å². The van der Waals surface area contributed by atoms with Gasteiger partial charge >= 0.3 is 0 Å². The second kappa shape index (κ2) is 6.37. The van der Waals surface area contributed by atoms with Gasteiger partial charge in [0.2, 0.25) is 0 Å². The van der Waals surface area contributed by atoms with E-state index in [1.807, 2.05) is 23.5 Å². The Morgan fingerprint density at radius 1 is 1.28 bits per heavy atom. The SMILES string of the molecule is CCc1ccc(CC(N)c2ccc(I)c(Cl)c2)s1. The standard InChI is InChI=1S/C14H15ClINS/c1-2-10-4-5-11(18-10)8-14(17)9-3-6-13(16)12(15)7-9/h3-7,14H,2,8,17H2,1H3. The van der Waals surface area contributed by atoms with E-state index in [1.165, 1.54) is 9.75 Å². The molecule has 1 atom stereocenters. The van der Waals surface area contributed by atoms with Gasteiger partial charge in [0.15, 0.2) is 0 Å². The second-order valence-corrected chi connectivity index (χ2v) is 7.03. The maximum atomic E-state index is 6.24. The fourth-order valence-corrected chi connectivity index (χ4v) is 3.34. The maximum absolute atomic E-state index is 6.24. The number of rotatable bonds is 4. The Hall–Kier alpha value is -0.100. The second-order valence-electron chi connectivity index (χ2n) is 4.21. The number of thiophene rings is 1. The van der Waals surface area contributed by atoms with Crippen LogP contribution in [0.4, 0.5) is 0 Å². The van der Waals surface area contributed by atoms with Crippen LogP contribution in [0.15, 0.2) is 30.3 Å². The molecule has 1 nitrogen and oxygen atoms in total. The van der Waals surface area contributed by atoms with Crippen LogP contribution in [0.5, 0.6) is 0 Å². The van der Waals surface area contributed by atoms with Crippen molar-refractivity contribution in [3.63, 3.8) is 0 Å². The fraction of sp³-hybridized carbons (Fsp3) is 0.286. The van der Waals surface area contributed by atoms with Crippen molar-refractivity contribution in [1.29, 1.82) is 0 Å². The van der Waals surface area contributed by atoms with Gasteiger partial charge in [0.05, 0.1) is 5.02 Å². The molecule has 0 amide bonds. The quantitative estimate of drug-likeness (QED) is 0.744. The third-order valence-electron chi connectivity index (χ3n) is 2.86. The molecule has 96 valence electrons. The molecule has 0 aliphatic heterocycles. The van der Waals surface area contributed by atoms with Crippen molar-refractivity contribution >= 4 is 45.5 Å². The zero-order chi connectivity index (χ0) is 13.1. The molecule has 4 heteroatoms. The van der Waals surface area contributed by atoms with E-state index in [1.54, 1.807) is 0 Å². The van der Waals surface area contributed by atoms with Crippen molar-refractivity contribution in [1.82, 2.24) is 0 Å². The van der Waals surface area contributed by atoms with Crippen molar-refractivity contribution < 1.29 is 0 Å². The summed E-state index contributed by atoms with van der Waals surface area (Å²) in [6.45, 7) is 2.18. The van der Waals surface area contributed by atoms with Gasteiger partial charge in [0.25, 0.3) is 0 Å². The van der Waals surface area contributed by atoms with Crippen molar-refractivity contribution in [3.05, 3.63) is 54.2 Å². The molecule has 0 saturated carbocycles. The van der Waals surface area contributed by atoms with Crippen LogP contribution < -0.4 is 5.73 Å². The molecule has 2 N–H and O–H groups in total. The normalized spacial score (nSPS) is 12.7. The lowest BCUT2D eigenvalue weighted by atomic mass is 10.0. The minimum atomic E-state index is 0.0165. The largest absolute Gasteiger partial charge is 0.324 e. The Bertz CT molecular complexity index is 538. The molecule has 1 heterocycles. The lowest BCUT2D eigenvalue weighted by Crippen LogP contribution is -2.12. The van der Waals surface area contributed by atoms with Crippen molar-refractivity contribution in [2.75, 3.05) is 0 Å². The van der Waals surface area contributed by atoms with Crippen molar-refractivity contribution in [3.8, 4) is 0 Å². The Kier molecular flexibility index (Phi) is 5.06. The van der Waals surface area contributed by atoms with Crippen LogP contribution in [0.25, 0.3) is 0 Å². The molecule has 0 saturated heterocycles. The van der Waals surface area contributed by atoms with E-state index in [4.69, 9.17) is 17.3 Å². The molecule has 0 radical (unpaired) electrons. The van der Waals surface area contributed by atoms with Crippen molar-refractivity contribution in [2.45, 2.75) is 25.8 Å². The number of aryl methyl sites for hydroxylation is 1. The summed E-state index contributed by atoms with van der Waals surface area (Å²) in [6, 6.07) is 10.4. The lowest BCUT2D eigenvalue weighted by Gasteiger charge is -2.11. The summed E-state index contributed by atoms with van der Waals surface area (Å²) in [4.78, 5) is 2.76. The predicted molar refractivity (Wildman–Crippen MR) is 88.5 cm³/mol. The average Bonchev–Trinajstić information content (AvgIpc) is 2.80. The highest BCUT2D eigenvalue weighted by Crippen LogP contribution is 2.26. The molecule has 0 fully saturated rings. The number of hydrogen-bond donors (Lipinski definition) is 1. The Labute approximate surface area is 130 Å². The van der Waals surface area contributed by atoms with Crippen LogP contribution >= 0.6 is 45.5 Å². The minimum Gasteiger partial charge on any atom is -0.324 e. The fourth-order valence-electron chi connectivity index (χ4n) is 1.80. The first-order valence-electron chi connectivity index (χ1n) is 5.88. The summed E-state index contributed by atoms with van der Waals surface area (Å²) < 4.78 is 1.06. The highest BCUT2D eigenvalue weighted by Gasteiger charge is 2.10. The third-order valence-corrected chi connectivity index (χ3v) is 5.68. The molecule has 2 aromatic rings. The zero-order valence-corrected chi connectivity index (χ0v) is 13.8. The summed E-state index contributed by atoms with van der Waals surface area (Å²) in [5, 5.41) is 0.781. The summed E-state index contributed by atoms with van der Waals surface area (Å²) in [6.07, 6.45) is 1.97. The van der Waals surface area contributed by atoms with Gasteiger partial charge in [-0.25, -0.2) is 0 Å². The third kappa shape index (κ3) is 3.47. The first-order valence-corrected chi connectivity index (χ1v) is 8.15. The van der Waals surface area contributed by atoms with Gasteiger partial charge in [-0.2, -0.15) is 0 Å². The zero-order valence-electron chi connectivity index (χ0n) is 10.1. The van der Waals surface area contributed by atoms with Crippen LogP contribution in [-0.2, 0) is 12.8 Å². The number of halogens is 2. The topological polar surface area (TPSA) is 26.0 Å². The van der Waals surface area contributed by atoms with Crippen LogP contribution in [0.2, 0.25) is 5.02 Å². The van der Waals surface area contributed by atoms with Crippen LogP contribution in [0.3, 0.4) is 0 Å². The molecular weight excluding hydrogens is 377 g/mol. The van der Waals surface area contributed by atoms with E-state index in [9.17, 15) is 0 Å². The smallest absolute Gasteiger partial charge is 0.0542 e. The van der Waals surface area contributed by atoms with Gasteiger partial charge in [-0.3, -0.25) is 0 Å². The monoisotopic (exact) mass is 391 g/mol. The van der Waals surface area contributed by atoms with Gasteiger partial charge in [-0.05, 0) is 58.8 Å². The summed E-state index contributed by atoms with van der Waals surface area (Å²) in [5.74, 6) is 0. The molecule has 2 rings (SSSR count). The molecule has 0 aliphatic rings. The molecule has 18 heavy (non-hydrogen) atoms. The number of benzene rings is 1. The molecular formula is C14H15ClINS. The maximum Gasteiger partial charge on any atom is 0.0542 e. The van der Waals surface area contributed by atoms with Crippen LogP contribution in [0.1, 0.15) is 28.3 Å². The van der Waals surface area contributed by atoms with E-state index in [2.05, 4.69) is 47.7 Å². The highest BCUT2D eigenvalue weighted by atomic mass is 127. The molecule has 0 spiro atoms. The Balaban J connectivity index is 2.11. The van der Waals surface area contributed by atoms with E-state index < -0.39 is 0 Å². The van der Waals surface area contributed by atoms with E-state index in [-0.39, 0.29) is 6.04 Å². The van der Waals surface area contributed by atoms with Crippen LogP contribution in [-0.4, -0.2) is 0 Å². The molecule has 0 aliphatic carbocycles. The van der Waals surface area contributed by atoms with E-state index >= 15 is 0 Å². The first-order chi connectivity index (χ1) is 8.60. The van der Waals surface area contributed by atoms with Gasteiger partial charge in [-0.15, -0.1) is 11.3 Å². The minimum absolute atomic E-state index is 0.0165. The molecule has 1 aromatic carbocycles.